The van der Waals surface area contributed by atoms with Crippen LogP contribution < -0.4 is 10.2 Å². The molecule has 2 rings (SSSR count). The summed E-state index contributed by atoms with van der Waals surface area (Å²) in [7, 11) is 1.95. The number of anilines is 1. The van der Waals surface area contributed by atoms with Gasteiger partial charge in [-0.15, -0.1) is 11.3 Å². The summed E-state index contributed by atoms with van der Waals surface area (Å²) in [4.78, 5) is 6.59. The average Bonchev–Trinajstić information content (AvgIpc) is 2.86. The third-order valence-electron chi connectivity index (χ3n) is 2.95. The van der Waals surface area contributed by atoms with Crippen LogP contribution >= 0.6 is 11.3 Å². The lowest BCUT2D eigenvalue weighted by Crippen LogP contribution is -2.17. The van der Waals surface area contributed by atoms with Crippen molar-refractivity contribution in [2.45, 2.75) is 26.4 Å². The second kappa shape index (κ2) is 7.36. The van der Waals surface area contributed by atoms with Crippen molar-refractivity contribution >= 4 is 17.0 Å². The van der Waals surface area contributed by atoms with Crippen LogP contribution in [0.1, 0.15) is 24.0 Å². The lowest BCUT2D eigenvalue weighted by Gasteiger charge is -2.17. The van der Waals surface area contributed by atoms with Crippen LogP contribution in [0.25, 0.3) is 0 Å². The van der Waals surface area contributed by atoms with E-state index in [2.05, 4.69) is 22.6 Å². The maximum Gasteiger partial charge on any atom is 0.125 e. The van der Waals surface area contributed by atoms with Gasteiger partial charge in [-0.2, -0.15) is 0 Å². The van der Waals surface area contributed by atoms with Crippen LogP contribution in [0.3, 0.4) is 0 Å². The molecule has 0 saturated heterocycles. The molecule has 0 spiro atoms. The highest BCUT2D eigenvalue weighted by Crippen LogP contribution is 2.18. The number of thiazole rings is 1. The van der Waals surface area contributed by atoms with E-state index in [1.165, 1.54) is 12.1 Å². The van der Waals surface area contributed by atoms with Gasteiger partial charge in [0, 0.05) is 24.7 Å². The summed E-state index contributed by atoms with van der Waals surface area (Å²) >= 11 is 1.67. The molecular formula is C15H20FN3S. The number of nitrogens with one attached hydrogen (secondary N) is 1. The molecule has 0 fully saturated rings. The normalized spacial score (nSPS) is 10.8. The second-order valence-electron chi connectivity index (χ2n) is 4.75. The monoisotopic (exact) mass is 293 g/mol. The van der Waals surface area contributed by atoms with Crippen molar-refractivity contribution in [1.29, 1.82) is 0 Å². The van der Waals surface area contributed by atoms with Crippen LogP contribution in [-0.2, 0) is 13.1 Å². The topological polar surface area (TPSA) is 28.2 Å². The largest absolute Gasteiger partial charge is 0.369 e. The van der Waals surface area contributed by atoms with Gasteiger partial charge in [-0.3, -0.25) is 0 Å². The Morgan fingerprint density at radius 3 is 3.00 bits per heavy atom. The fraction of sp³-hybridized carbons (Fsp3) is 0.400. The summed E-state index contributed by atoms with van der Waals surface area (Å²) in [6.45, 7) is 4.67. The molecule has 0 aliphatic rings. The molecule has 0 atom stereocenters. The number of rotatable bonds is 7. The van der Waals surface area contributed by atoms with Gasteiger partial charge in [0.25, 0.3) is 0 Å². The molecule has 0 bridgehead atoms. The Kier molecular flexibility index (Phi) is 5.49. The lowest BCUT2D eigenvalue weighted by atomic mass is 10.3. The minimum atomic E-state index is -0.211. The first-order valence-electron chi connectivity index (χ1n) is 6.79. The third-order valence-corrected chi connectivity index (χ3v) is 3.85. The van der Waals surface area contributed by atoms with Gasteiger partial charge in [-0.25, -0.2) is 9.37 Å². The number of nitrogens with zero attached hydrogens (tertiary/aromatic N) is 2. The highest BCUT2D eigenvalue weighted by Gasteiger charge is 2.07. The van der Waals surface area contributed by atoms with Crippen LogP contribution in [0.2, 0.25) is 0 Å². The summed E-state index contributed by atoms with van der Waals surface area (Å²) in [5.74, 6) is -0.211. The molecule has 0 aliphatic heterocycles. The van der Waals surface area contributed by atoms with Gasteiger partial charge in [0.05, 0.1) is 12.2 Å². The first kappa shape index (κ1) is 14.9. The van der Waals surface area contributed by atoms with Crippen molar-refractivity contribution in [2.75, 3.05) is 18.5 Å². The van der Waals surface area contributed by atoms with E-state index in [9.17, 15) is 4.39 Å². The highest BCUT2D eigenvalue weighted by atomic mass is 32.1. The molecule has 0 amide bonds. The smallest absolute Gasteiger partial charge is 0.125 e. The number of halogens is 1. The zero-order valence-corrected chi connectivity index (χ0v) is 12.7. The number of hydrogen-bond acceptors (Lipinski definition) is 4. The SMILES string of the molecule is CCCNCc1nc(CN(C)c2cccc(F)c2)cs1. The average molecular weight is 293 g/mol. The highest BCUT2D eigenvalue weighted by molar-refractivity contribution is 7.09. The van der Waals surface area contributed by atoms with Gasteiger partial charge >= 0.3 is 0 Å². The Morgan fingerprint density at radius 2 is 2.25 bits per heavy atom. The van der Waals surface area contributed by atoms with Crippen LogP contribution in [0.15, 0.2) is 29.6 Å². The van der Waals surface area contributed by atoms with E-state index in [-0.39, 0.29) is 5.82 Å². The summed E-state index contributed by atoms with van der Waals surface area (Å²) < 4.78 is 13.2. The summed E-state index contributed by atoms with van der Waals surface area (Å²) in [6, 6.07) is 6.62. The van der Waals surface area contributed by atoms with Gasteiger partial charge in [0.1, 0.15) is 10.8 Å². The van der Waals surface area contributed by atoms with Gasteiger partial charge in [-0.05, 0) is 31.2 Å². The zero-order valence-electron chi connectivity index (χ0n) is 11.9. The molecule has 5 heteroatoms. The van der Waals surface area contributed by atoms with Crippen molar-refractivity contribution in [3.8, 4) is 0 Å². The van der Waals surface area contributed by atoms with E-state index in [0.717, 1.165) is 35.9 Å². The van der Waals surface area contributed by atoms with Gasteiger partial charge in [0.2, 0.25) is 0 Å². The fourth-order valence-electron chi connectivity index (χ4n) is 1.92. The van der Waals surface area contributed by atoms with Crippen LogP contribution in [0.5, 0.6) is 0 Å². The zero-order chi connectivity index (χ0) is 14.4. The summed E-state index contributed by atoms with van der Waals surface area (Å²) in [5.41, 5.74) is 1.89. The van der Waals surface area contributed by atoms with Crippen LogP contribution in [0, 0.1) is 5.82 Å². The minimum absolute atomic E-state index is 0.211. The molecule has 108 valence electrons. The maximum atomic E-state index is 13.2. The first-order chi connectivity index (χ1) is 9.69. The van der Waals surface area contributed by atoms with E-state index >= 15 is 0 Å². The van der Waals surface area contributed by atoms with E-state index < -0.39 is 0 Å². The van der Waals surface area contributed by atoms with E-state index in [1.54, 1.807) is 17.4 Å². The third kappa shape index (κ3) is 4.28. The molecule has 1 N–H and O–H groups in total. The Bertz CT molecular complexity index is 541. The van der Waals surface area contributed by atoms with Crippen LogP contribution in [0.4, 0.5) is 10.1 Å². The molecule has 1 aromatic carbocycles. The molecule has 1 aromatic heterocycles. The molecule has 0 saturated carbocycles. The first-order valence-corrected chi connectivity index (χ1v) is 7.67. The number of benzene rings is 1. The van der Waals surface area contributed by atoms with Gasteiger partial charge in [0.15, 0.2) is 0 Å². The molecule has 0 unspecified atom stereocenters. The van der Waals surface area contributed by atoms with Gasteiger partial charge < -0.3 is 10.2 Å². The van der Waals surface area contributed by atoms with Crippen LogP contribution in [-0.4, -0.2) is 18.6 Å². The second-order valence-corrected chi connectivity index (χ2v) is 5.69. The predicted molar refractivity (Wildman–Crippen MR) is 82.6 cm³/mol. The van der Waals surface area contributed by atoms with Crippen molar-refractivity contribution in [3.05, 3.63) is 46.2 Å². The Morgan fingerprint density at radius 1 is 1.40 bits per heavy atom. The summed E-state index contributed by atoms with van der Waals surface area (Å²) in [6.07, 6.45) is 1.13. The van der Waals surface area contributed by atoms with Crippen molar-refractivity contribution in [3.63, 3.8) is 0 Å². The fourth-order valence-corrected chi connectivity index (χ4v) is 2.68. The van der Waals surface area contributed by atoms with Gasteiger partial charge in [-0.1, -0.05) is 13.0 Å². The van der Waals surface area contributed by atoms with E-state index in [4.69, 9.17) is 0 Å². The summed E-state index contributed by atoms with van der Waals surface area (Å²) in [5, 5.41) is 6.51. The maximum absolute atomic E-state index is 13.2. The van der Waals surface area contributed by atoms with Crippen molar-refractivity contribution in [1.82, 2.24) is 10.3 Å². The number of hydrogen-bond donors (Lipinski definition) is 1. The van der Waals surface area contributed by atoms with Crippen molar-refractivity contribution < 1.29 is 4.39 Å². The Balaban J connectivity index is 1.92. The Hall–Kier alpha value is -1.46. The lowest BCUT2D eigenvalue weighted by molar-refractivity contribution is 0.627. The quantitative estimate of drug-likeness (QED) is 0.793. The molecule has 20 heavy (non-hydrogen) atoms. The molecule has 1 heterocycles. The molecule has 0 radical (unpaired) electrons. The number of aromatic nitrogens is 1. The molecule has 0 aliphatic carbocycles. The molecule has 2 aromatic rings. The van der Waals surface area contributed by atoms with E-state index in [0.29, 0.717) is 6.54 Å². The van der Waals surface area contributed by atoms with Crippen molar-refractivity contribution in [2.24, 2.45) is 0 Å². The Labute approximate surface area is 123 Å². The van der Waals surface area contributed by atoms with E-state index in [1.807, 2.05) is 18.0 Å². The molecular weight excluding hydrogens is 273 g/mol. The predicted octanol–water partition coefficient (Wildman–Crippen LogP) is 3.42. The minimum Gasteiger partial charge on any atom is -0.369 e. The standard InChI is InChI=1S/C15H20FN3S/c1-3-7-17-9-15-18-13(11-20-15)10-19(2)14-6-4-5-12(16)8-14/h4-6,8,11,17H,3,7,9-10H2,1-2H3. The molecule has 3 nitrogen and oxygen atoms in total.